The maximum atomic E-state index is 12.7. The second-order valence-corrected chi connectivity index (χ2v) is 6.98. The molecule has 3 rings (SSSR count). The van der Waals surface area contributed by atoms with Gasteiger partial charge in [-0.15, -0.1) is 0 Å². The normalized spacial score (nSPS) is 11.6. The summed E-state index contributed by atoms with van der Waals surface area (Å²) in [6, 6.07) is 19.5. The third kappa shape index (κ3) is 4.35. The fraction of sp³-hybridized carbons (Fsp3) is 0.136. The van der Waals surface area contributed by atoms with Crippen molar-refractivity contribution in [2.45, 2.75) is 6.10 Å². The van der Waals surface area contributed by atoms with Crippen molar-refractivity contribution >= 4 is 27.5 Å². The standard InChI is InChI=1S/C22H20BrNO4/c1-27-19-12-17(21(25)14-8-10-16(23)11-9-14)18(13-20(19)28-2)24-22(26)15-6-4-3-5-7-15/h3-13,21,25H,1-2H3,(H,24,26). The Morgan fingerprint density at radius 2 is 1.57 bits per heavy atom. The Bertz CT molecular complexity index is 958. The Morgan fingerprint density at radius 1 is 0.964 bits per heavy atom. The van der Waals surface area contributed by atoms with Gasteiger partial charge in [-0.25, -0.2) is 0 Å². The van der Waals surface area contributed by atoms with E-state index < -0.39 is 6.10 Å². The van der Waals surface area contributed by atoms with Crippen LogP contribution in [0, 0.1) is 0 Å². The van der Waals surface area contributed by atoms with Gasteiger partial charge in [-0.2, -0.15) is 0 Å². The molecule has 144 valence electrons. The Kier molecular flexibility index (Phi) is 6.34. The van der Waals surface area contributed by atoms with Crippen LogP contribution in [-0.4, -0.2) is 25.2 Å². The van der Waals surface area contributed by atoms with Gasteiger partial charge in [0.25, 0.3) is 5.91 Å². The fourth-order valence-corrected chi connectivity index (χ4v) is 3.10. The SMILES string of the molecule is COc1cc(NC(=O)c2ccccc2)c(C(O)c2ccc(Br)cc2)cc1OC. The Morgan fingerprint density at radius 3 is 2.18 bits per heavy atom. The minimum Gasteiger partial charge on any atom is -0.493 e. The number of carbonyl (C=O) groups is 1. The number of methoxy groups -OCH3 is 2. The average molecular weight is 442 g/mol. The molecule has 1 atom stereocenters. The van der Waals surface area contributed by atoms with Gasteiger partial charge in [0, 0.05) is 21.7 Å². The number of nitrogens with one attached hydrogen (secondary N) is 1. The van der Waals surface area contributed by atoms with Crippen LogP contribution in [0.2, 0.25) is 0 Å². The minimum atomic E-state index is -0.959. The molecule has 0 aliphatic carbocycles. The highest BCUT2D eigenvalue weighted by Gasteiger charge is 2.20. The molecule has 0 aliphatic heterocycles. The molecule has 1 unspecified atom stereocenters. The molecular formula is C22H20BrNO4. The number of hydrogen-bond acceptors (Lipinski definition) is 4. The van der Waals surface area contributed by atoms with E-state index in [9.17, 15) is 9.90 Å². The van der Waals surface area contributed by atoms with Crippen molar-refractivity contribution in [2.24, 2.45) is 0 Å². The number of amides is 1. The summed E-state index contributed by atoms with van der Waals surface area (Å²) >= 11 is 3.39. The molecule has 3 aromatic carbocycles. The molecule has 5 nitrogen and oxygen atoms in total. The fourth-order valence-electron chi connectivity index (χ4n) is 2.84. The number of rotatable bonds is 6. The van der Waals surface area contributed by atoms with E-state index in [-0.39, 0.29) is 5.91 Å². The number of halogens is 1. The first-order valence-electron chi connectivity index (χ1n) is 8.59. The lowest BCUT2D eigenvalue weighted by molar-refractivity contribution is 0.102. The van der Waals surface area contributed by atoms with Crippen LogP contribution in [0.5, 0.6) is 11.5 Å². The largest absolute Gasteiger partial charge is 0.493 e. The van der Waals surface area contributed by atoms with Crippen molar-refractivity contribution in [3.63, 3.8) is 0 Å². The zero-order chi connectivity index (χ0) is 20.1. The minimum absolute atomic E-state index is 0.280. The molecule has 0 aliphatic rings. The van der Waals surface area contributed by atoms with E-state index in [1.807, 2.05) is 30.3 Å². The van der Waals surface area contributed by atoms with Crippen LogP contribution in [0.4, 0.5) is 5.69 Å². The Labute approximate surface area is 172 Å². The van der Waals surface area contributed by atoms with Gasteiger partial charge in [-0.05, 0) is 35.9 Å². The van der Waals surface area contributed by atoms with Crippen LogP contribution < -0.4 is 14.8 Å². The summed E-state index contributed by atoms with van der Waals surface area (Å²) in [5.74, 6) is 0.640. The molecule has 0 heterocycles. The third-order valence-corrected chi connectivity index (χ3v) is 4.85. The number of aliphatic hydroxyl groups is 1. The number of benzene rings is 3. The van der Waals surface area contributed by atoms with E-state index >= 15 is 0 Å². The van der Waals surface area contributed by atoms with Gasteiger partial charge in [-0.3, -0.25) is 4.79 Å². The van der Waals surface area contributed by atoms with Crippen molar-refractivity contribution in [2.75, 3.05) is 19.5 Å². The van der Waals surface area contributed by atoms with Crippen LogP contribution in [-0.2, 0) is 0 Å². The molecule has 28 heavy (non-hydrogen) atoms. The first kappa shape index (κ1) is 19.9. The van der Waals surface area contributed by atoms with Crippen LogP contribution in [0.25, 0.3) is 0 Å². The molecule has 0 fully saturated rings. The van der Waals surface area contributed by atoms with Gasteiger partial charge in [0.1, 0.15) is 6.10 Å². The first-order valence-corrected chi connectivity index (χ1v) is 9.38. The Hall–Kier alpha value is -2.83. The van der Waals surface area contributed by atoms with Crippen LogP contribution in [0.1, 0.15) is 27.6 Å². The van der Waals surface area contributed by atoms with E-state index in [2.05, 4.69) is 21.2 Å². The molecule has 0 aromatic heterocycles. The summed E-state index contributed by atoms with van der Waals surface area (Å²) in [6.07, 6.45) is -0.959. The maximum absolute atomic E-state index is 12.7. The molecule has 3 aromatic rings. The summed E-state index contributed by atoms with van der Waals surface area (Å²) in [5.41, 5.74) is 2.15. The van der Waals surface area contributed by atoms with Crippen molar-refractivity contribution in [1.29, 1.82) is 0 Å². The van der Waals surface area contributed by atoms with E-state index in [0.29, 0.717) is 33.9 Å². The van der Waals surface area contributed by atoms with E-state index in [4.69, 9.17) is 9.47 Å². The number of carbonyl (C=O) groups excluding carboxylic acids is 1. The highest BCUT2D eigenvalue weighted by molar-refractivity contribution is 9.10. The molecular weight excluding hydrogens is 422 g/mol. The summed E-state index contributed by atoms with van der Waals surface area (Å²) in [4.78, 5) is 12.7. The highest BCUT2D eigenvalue weighted by Crippen LogP contribution is 2.38. The lowest BCUT2D eigenvalue weighted by atomic mass is 9.99. The monoisotopic (exact) mass is 441 g/mol. The van der Waals surface area contributed by atoms with Gasteiger partial charge < -0.3 is 19.9 Å². The molecule has 0 spiro atoms. The topological polar surface area (TPSA) is 67.8 Å². The maximum Gasteiger partial charge on any atom is 0.255 e. The molecule has 0 radical (unpaired) electrons. The van der Waals surface area contributed by atoms with Gasteiger partial charge >= 0.3 is 0 Å². The van der Waals surface area contributed by atoms with Crippen LogP contribution >= 0.6 is 15.9 Å². The number of hydrogen-bond donors (Lipinski definition) is 2. The van der Waals surface area contributed by atoms with E-state index in [1.54, 1.807) is 36.4 Å². The van der Waals surface area contributed by atoms with Gasteiger partial charge in [0.05, 0.1) is 19.9 Å². The van der Waals surface area contributed by atoms with E-state index in [1.165, 1.54) is 14.2 Å². The molecule has 0 bridgehead atoms. The van der Waals surface area contributed by atoms with Crippen molar-refractivity contribution in [3.05, 3.63) is 87.9 Å². The third-order valence-electron chi connectivity index (χ3n) is 4.32. The van der Waals surface area contributed by atoms with E-state index in [0.717, 1.165) is 4.47 Å². The predicted octanol–water partition coefficient (Wildman–Crippen LogP) is 4.80. The number of anilines is 1. The highest BCUT2D eigenvalue weighted by atomic mass is 79.9. The summed E-state index contributed by atoms with van der Waals surface area (Å²) in [6.45, 7) is 0. The summed E-state index contributed by atoms with van der Waals surface area (Å²) in [5, 5.41) is 13.8. The summed E-state index contributed by atoms with van der Waals surface area (Å²) < 4.78 is 11.6. The second-order valence-electron chi connectivity index (χ2n) is 6.07. The average Bonchev–Trinajstić information content (AvgIpc) is 2.74. The first-order chi connectivity index (χ1) is 13.5. The zero-order valence-corrected chi connectivity index (χ0v) is 17.1. The molecule has 6 heteroatoms. The quantitative estimate of drug-likeness (QED) is 0.576. The Balaban J connectivity index is 2.03. The van der Waals surface area contributed by atoms with Crippen LogP contribution in [0.15, 0.2) is 71.2 Å². The summed E-state index contributed by atoms with van der Waals surface area (Å²) in [7, 11) is 3.04. The van der Waals surface area contributed by atoms with Gasteiger partial charge in [-0.1, -0.05) is 46.3 Å². The lowest BCUT2D eigenvalue weighted by Crippen LogP contribution is -2.15. The number of ether oxygens (including phenoxy) is 2. The van der Waals surface area contributed by atoms with Gasteiger partial charge in [0.2, 0.25) is 0 Å². The van der Waals surface area contributed by atoms with Crippen LogP contribution in [0.3, 0.4) is 0 Å². The smallest absolute Gasteiger partial charge is 0.255 e. The molecule has 1 amide bonds. The lowest BCUT2D eigenvalue weighted by Gasteiger charge is -2.20. The predicted molar refractivity (Wildman–Crippen MR) is 112 cm³/mol. The molecule has 0 saturated carbocycles. The van der Waals surface area contributed by atoms with Crippen molar-refractivity contribution < 1.29 is 19.4 Å². The van der Waals surface area contributed by atoms with Gasteiger partial charge in [0.15, 0.2) is 11.5 Å². The molecule has 2 N–H and O–H groups in total. The van der Waals surface area contributed by atoms with Crippen molar-refractivity contribution in [3.8, 4) is 11.5 Å². The van der Waals surface area contributed by atoms with Crippen molar-refractivity contribution in [1.82, 2.24) is 0 Å². The second kappa shape index (κ2) is 8.91. The zero-order valence-electron chi connectivity index (χ0n) is 15.5. The number of aliphatic hydroxyl groups excluding tert-OH is 1. The molecule has 0 saturated heterocycles.